The molecule has 0 amide bonds. The van der Waals surface area contributed by atoms with Crippen molar-refractivity contribution >= 4 is 10.0 Å². The fourth-order valence-electron chi connectivity index (χ4n) is 3.30. The van der Waals surface area contributed by atoms with Crippen LogP contribution >= 0.6 is 0 Å². The van der Waals surface area contributed by atoms with Gasteiger partial charge < -0.3 is 5.32 Å². The van der Waals surface area contributed by atoms with Crippen LogP contribution in [0.4, 0.5) is 13.2 Å². The van der Waals surface area contributed by atoms with Gasteiger partial charge in [0.25, 0.3) is 0 Å². The van der Waals surface area contributed by atoms with Crippen LogP contribution in [0, 0.1) is 20.8 Å². The minimum atomic E-state index is -4.50. The molecular formula is C16H24F3N3O2S. The lowest BCUT2D eigenvalue weighted by Gasteiger charge is -2.35. The first-order valence-corrected chi connectivity index (χ1v) is 9.59. The SMILES string of the molecule is Cc1cc(C)c(S(=O)(=O)NCC(N2CCNCC2)C(F)(F)F)c(C)c1. The normalized spacial score (nSPS) is 18.3. The monoisotopic (exact) mass is 379 g/mol. The molecule has 1 saturated heterocycles. The van der Waals surface area contributed by atoms with E-state index >= 15 is 0 Å². The van der Waals surface area contributed by atoms with Gasteiger partial charge in [0.2, 0.25) is 10.0 Å². The van der Waals surface area contributed by atoms with Crippen LogP contribution in [0.2, 0.25) is 0 Å². The second-order valence-electron chi connectivity index (χ2n) is 6.42. The number of benzene rings is 1. The number of sulfonamides is 1. The number of hydrogen-bond acceptors (Lipinski definition) is 4. The van der Waals surface area contributed by atoms with Crippen molar-refractivity contribution in [1.82, 2.24) is 14.9 Å². The fourth-order valence-corrected chi connectivity index (χ4v) is 4.78. The molecule has 1 aromatic carbocycles. The molecule has 1 fully saturated rings. The molecule has 1 aliphatic heterocycles. The van der Waals surface area contributed by atoms with Gasteiger partial charge in [0.1, 0.15) is 6.04 Å². The summed E-state index contributed by atoms with van der Waals surface area (Å²) in [5.41, 5.74) is 1.95. The molecule has 0 aliphatic carbocycles. The third-order valence-corrected chi connectivity index (χ3v) is 6.04. The van der Waals surface area contributed by atoms with Crippen LogP contribution in [0.3, 0.4) is 0 Å². The summed E-state index contributed by atoms with van der Waals surface area (Å²) in [5.74, 6) is 0. The molecule has 142 valence electrons. The summed E-state index contributed by atoms with van der Waals surface area (Å²) in [4.78, 5) is 1.33. The fraction of sp³-hybridized carbons (Fsp3) is 0.625. The summed E-state index contributed by atoms with van der Waals surface area (Å²) in [7, 11) is -4.02. The average Bonchev–Trinajstić information content (AvgIpc) is 2.45. The van der Waals surface area contributed by atoms with Gasteiger partial charge >= 0.3 is 6.18 Å². The van der Waals surface area contributed by atoms with E-state index in [4.69, 9.17) is 0 Å². The first kappa shape index (κ1) is 20.2. The Morgan fingerprint density at radius 2 is 1.68 bits per heavy atom. The number of nitrogens with zero attached hydrogens (tertiary/aromatic N) is 1. The van der Waals surface area contributed by atoms with Gasteiger partial charge in [-0.3, -0.25) is 4.90 Å². The van der Waals surface area contributed by atoms with Gasteiger partial charge in [0, 0.05) is 32.7 Å². The Labute approximate surface area is 146 Å². The predicted molar refractivity (Wildman–Crippen MR) is 90.1 cm³/mol. The third-order valence-electron chi connectivity index (χ3n) is 4.31. The maximum atomic E-state index is 13.4. The molecule has 1 aromatic rings. The molecule has 5 nitrogen and oxygen atoms in total. The zero-order valence-electron chi connectivity index (χ0n) is 14.6. The standard InChI is InChI=1S/C16H24F3N3O2S/c1-11-8-12(2)15(13(3)9-11)25(23,24)21-10-14(16(17,18)19)22-6-4-20-5-7-22/h8-9,14,20-21H,4-7,10H2,1-3H3. The van der Waals surface area contributed by atoms with Gasteiger partial charge in [0.05, 0.1) is 4.90 Å². The highest BCUT2D eigenvalue weighted by Gasteiger charge is 2.44. The Balaban J connectivity index is 2.21. The van der Waals surface area contributed by atoms with Crippen LogP contribution in [0.1, 0.15) is 16.7 Å². The average molecular weight is 379 g/mol. The smallest absolute Gasteiger partial charge is 0.314 e. The number of rotatable bonds is 5. The van der Waals surface area contributed by atoms with E-state index < -0.39 is 28.8 Å². The van der Waals surface area contributed by atoms with Crippen LogP contribution in [0.25, 0.3) is 0 Å². The van der Waals surface area contributed by atoms with E-state index in [1.807, 2.05) is 6.92 Å². The molecule has 0 saturated carbocycles. The van der Waals surface area contributed by atoms with Gasteiger partial charge in [0.15, 0.2) is 0 Å². The van der Waals surface area contributed by atoms with Crippen molar-refractivity contribution in [3.8, 4) is 0 Å². The number of piperazine rings is 1. The van der Waals surface area contributed by atoms with Gasteiger partial charge in [-0.15, -0.1) is 0 Å². The van der Waals surface area contributed by atoms with Crippen LogP contribution in [0.15, 0.2) is 17.0 Å². The maximum Gasteiger partial charge on any atom is 0.405 e. The van der Waals surface area contributed by atoms with E-state index in [-0.39, 0.29) is 18.0 Å². The summed E-state index contributed by atoms with van der Waals surface area (Å²) in [5, 5.41) is 2.99. The van der Waals surface area contributed by atoms with Gasteiger partial charge in [-0.2, -0.15) is 13.2 Å². The van der Waals surface area contributed by atoms with Gasteiger partial charge in [-0.05, 0) is 31.9 Å². The van der Waals surface area contributed by atoms with Gasteiger partial charge in [-0.25, -0.2) is 13.1 Å². The van der Waals surface area contributed by atoms with Crippen molar-refractivity contribution in [3.05, 3.63) is 28.8 Å². The molecular weight excluding hydrogens is 355 g/mol. The molecule has 0 aromatic heterocycles. The zero-order valence-corrected chi connectivity index (χ0v) is 15.4. The van der Waals surface area contributed by atoms with E-state index in [2.05, 4.69) is 10.0 Å². The number of alkyl halides is 3. The summed E-state index contributed by atoms with van der Waals surface area (Å²) in [6.45, 7) is 5.80. The second kappa shape index (κ2) is 7.61. The first-order chi connectivity index (χ1) is 11.5. The minimum absolute atomic E-state index is 0.0549. The lowest BCUT2D eigenvalue weighted by Crippen LogP contribution is -2.57. The summed E-state index contributed by atoms with van der Waals surface area (Å²) in [6, 6.07) is 1.58. The highest BCUT2D eigenvalue weighted by Crippen LogP contribution is 2.26. The molecule has 0 spiro atoms. The van der Waals surface area contributed by atoms with Crippen LogP contribution in [-0.4, -0.2) is 58.3 Å². The molecule has 9 heteroatoms. The number of halogens is 3. The molecule has 0 radical (unpaired) electrons. The van der Waals surface area contributed by atoms with Crippen molar-refractivity contribution in [2.75, 3.05) is 32.7 Å². The van der Waals surface area contributed by atoms with Crippen molar-refractivity contribution in [2.45, 2.75) is 37.9 Å². The number of nitrogens with one attached hydrogen (secondary N) is 2. The van der Waals surface area contributed by atoms with Gasteiger partial charge in [-0.1, -0.05) is 17.7 Å². The molecule has 1 unspecified atom stereocenters. The topological polar surface area (TPSA) is 61.4 Å². The number of aryl methyl sites for hydroxylation is 3. The van der Waals surface area contributed by atoms with Crippen LogP contribution in [0.5, 0.6) is 0 Å². The van der Waals surface area contributed by atoms with Crippen molar-refractivity contribution in [3.63, 3.8) is 0 Å². The highest BCUT2D eigenvalue weighted by atomic mass is 32.2. The predicted octanol–water partition coefficient (Wildman–Crippen LogP) is 1.73. The minimum Gasteiger partial charge on any atom is -0.314 e. The Bertz CT molecular complexity index is 691. The summed E-state index contributed by atoms with van der Waals surface area (Å²) >= 11 is 0. The van der Waals surface area contributed by atoms with Crippen LogP contribution in [-0.2, 0) is 10.0 Å². The van der Waals surface area contributed by atoms with E-state index in [0.717, 1.165) is 5.56 Å². The maximum absolute atomic E-state index is 13.4. The Morgan fingerprint density at radius 1 is 1.16 bits per heavy atom. The second-order valence-corrected chi connectivity index (χ2v) is 8.13. The van der Waals surface area contributed by atoms with E-state index in [0.29, 0.717) is 24.2 Å². The Hall–Kier alpha value is -1.16. The lowest BCUT2D eigenvalue weighted by atomic mass is 10.1. The summed E-state index contributed by atoms with van der Waals surface area (Å²) in [6.07, 6.45) is -4.50. The van der Waals surface area contributed by atoms with Crippen molar-refractivity contribution < 1.29 is 21.6 Å². The highest BCUT2D eigenvalue weighted by molar-refractivity contribution is 7.89. The Kier molecular flexibility index (Phi) is 6.13. The lowest BCUT2D eigenvalue weighted by molar-refractivity contribution is -0.182. The molecule has 1 aliphatic rings. The molecule has 2 N–H and O–H groups in total. The third kappa shape index (κ3) is 4.93. The Morgan fingerprint density at radius 3 is 2.16 bits per heavy atom. The largest absolute Gasteiger partial charge is 0.405 e. The molecule has 2 rings (SSSR count). The molecule has 0 bridgehead atoms. The first-order valence-electron chi connectivity index (χ1n) is 8.11. The van der Waals surface area contributed by atoms with Crippen molar-refractivity contribution in [1.29, 1.82) is 0 Å². The van der Waals surface area contributed by atoms with E-state index in [1.165, 1.54) is 4.90 Å². The number of hydrogen-bond donors (Lipinski definition) is 2. The van der Waals surface area contributed by atoms with Crippen molar-refractivity contribution in [2.24, 2.45) is 0 Å². The van der Waals surface area contributed by atoms with E-state index in [1.54, 1.807) is 26.0 Å². The van der Waals surface area contributed by atoms with E-state index in [9.17, 15) is 21.6 Å². The van der Waals surface area contributed by atoms with Crippen LogP contribution < -0.4 is 10.0 Å². The summed E-state index contributed by atoms with van der Waals surface area (Å²) < 4.78 is 67.5. The quantitative estimate of drug-likeness (QED) is 0.818. The molecule has 1 atom stereocenters. The zero-order chi connectivity index (χ0) is 18.8. The molecule has 1 heterocycles. The molecule has 25 heavy (non-hydrogen) atoms.